The van der Waals surface area contributed by atoms with Crippen LogP contribution in [0.1, 0.15) is 34.7 Å². The lowest BCUT2D eigenvalue weighted by Gasteiger charge is -2.08. The average Bonchev–Trinajstić information content (AvgIpc) is 3.03. The van der Waals surface area contributed by atoms with Crippen LogP contribution in [0.2, 0.25) is 0 Å². The van der Waals surface area contributed by atoms with Crippen molar-refractivity contribution in [3.8, 4) is 6.07 Å². The fourth-order valence-electron chi connectivity index (χ4n) is 2.36. The number of nitriles is 1. The second-order valence-electron chi connectivity index (χ2n) is 4.74. The van der Waals surface area contributed by atoms with E-state index in [4.69, 9.17) is 4.52 Å². The van der Waals surface area contributed by atoms with E-state index in [1.807, 2.05) is 19.1 Å². The molecule has 3 rings (SSSR count). The third-order valence-electron chi connectivity index (χ3n) is 3.28. The highest BCUT2D eigenvalue weighted by molar-refractivity contribution is 5.55. The van der Waals surface area contributed by atoms with Gasteiger partial charge in [-0.1, -0.05) is 5.16 Å². The second kappa shape index (κ2) is 4.73. The Kier molecular flexibility index (Phi) is 2.92. The molecule has 2 aromatic heterocycles. The van der Waals surface area contributed by atoms with E-state index in [9.17, 15) is 5.26 Å². The molecule has 0 radical (unpaired) electrons. The lowest BCUT2D eigenvalue weighted by atomic mass is 10.1. The van der Waals surface area contributed by atoms with Crippen molar-refractivity contribution in [1.82, 2.24) is 10.1 Å². The zero-order chi connectivity index (χ0) is 13.2. The number of nitrogens with zero attached hydrogens (tertiary/aromatic N) is 3. The molecule has 2 aromatic rings. The van der Waals surface area contributed by atoms with Crippen molar-refractivity contribution in [2.24, 2.45) is 0 Å². The van der Waals surface area contributed by atoms with Gasteiger partial charge in [0.25, 0.3) is 0 Å². The van der Waals surface area contributed by atoms with E-state index >= 15 is 0 Å². The number of fused-ring (bicyclic) bond motifs is 1. The van der Waals surface area contributed by atoms with Gasteiger partial charge in [-0.25, -0.2) is 4.98 Å². The zero-order valence-electron chi connectivity index (χ0n) is 10.7. The van der Waals surface area contributed by atoms with Crippen LogP contribution in [0.15, 0.2) is 16.7 Å². The van der Waals surface area contributed by atoms with Crippen LogP contribution in [0.4, 0.5) is 5.82 Å². The molecular formula is C14H14N4O. The molecule has 0 unspecified atom stereocenters. The summed E-state index contributed by atoms with van der Waals surface area (Å²) >= 11 is 0. The van der Waals surface area contributed by atoms with Crippen molar-refractivity contribution in [2.75, 3.05) is 5.32 Å². The van der Waals surface area contributed by atoms with Gasteiger partial charge < -0.3 is 9.84 Å². The number of hydrogen-bond acceptors (Lipinski definition) is 5. The Bertz CT molecular complexity index is 654. The SMILES string of the molecule is Cc1cc(CNc2nc3c(cc2C#N)CCC3)on1. The van der Waals surface area contributed by atoms with E-state index in [2.05, 4.69) is 21.5 Å². The molecule has 0 fully saturated rings. The van der Waals surface area contributed by atoms with Gasteiger partial charge in [0.2, 0.25) is 0 Å². The summed E-state index contributed by atoms with van der Waals surface area (Å²) in [6.07, 6.45) is 3.15. The zero-order valence-corrected chi connectivity index (χ0v) is 10.7. The van der Waals surface area contributed by atoms with Crippen molar-refractivity contribution >= 4 is 5.82 Å². The molecular weight excluding hydrogens is 240 g/mol. The molecule has 0 bridgehead atoms. The van der Waals surface area contributed by atoms with Crippen LogP contribution in [0, 0.1) is 18.3 Å². The Balaban J connectivity index is 1.82. The van der Waals surface area contributed by atoms with Crippen molar-refractivity contribution < 1.29 is 4.52 Å². The predicted molar refractivity (Wildman–Crippen MR) is 69.5 cm³/mol. The highest BCUT2D eigenvalue weighted by atomic mass is 16.5. The quantitative estimate of drug-likeness (QED) is 0.910. The molecule has 0 amide bonds. The van der Waals surface area contributed by atoms with Gasteiger partial charge in [0.05, 0.1) is 17.8 Å². The number of aromatic nitrogens is 2. The molecule has 0 saturated heterocycles. The van der Waals surface area contributed by atoms with Crippen molar-refractivity contribution in [1.29, 1.82) is 5.26 Å². The molecule has 5 nitrogen and oxygen atoms in total. The van der Waals surface area contributed by atoms with Crippen LogP contribution in [0.3, 0.4) is 0 Å². The smallest absolute Gasteiger partial charge is 0.156 e. The lowest BCUT2D eigenvalue weighted by Crippen LogP contribution is -2.05. The summed E-state index contributed by atoms with van der Waals surface area (Å²) in [4.78, 5) is 4.55. The first-order chi connectivity index (χ1) is 9.26. The van der Waals surface area contributed by atoms with E-state index in [0.29, 0.717) is 17.9 Å². The lowest BCUT2D eigenvalue weighted by molar-refractivity contribution is 0.384. The number of aryl methyl sites for hydroxylation is 3. The summed E-state index contributed by atoms with van der Waals surface area (Å²) in [5.74, 6) is 1.38. The van der Waals surface area contributed by atoms with Crippen LogP contribution in [-0.2, 0) is 19.4 Å². The fourth-order valence-corrected chi connectivity index (χ4v) is 2.36. The summed E-state index contributed by atoms with van der Waals surface area (Å²) in [6.45, 7) is 2.36. The molecule has 0 spiro atoms. The molecule has 0 saturated carbocycles. The number of pyridine rings is 1. The van der Waals surface area contributed by atoms with E-state index in [0.717, 1.165) is 36.4 Å². The first kappa shape index (κ1) is 11.7. The summed E-state index contributed by atoms with van der Waals surface area (Å²) in [6, 6.07) is 6.01. The summed E-state index contributed by atoms with van der Waals surface area (Å²) < 4.78 is 5.13. The predicted octanol–water partition coefficient (Wildman–Crippen LogP) is 2.35. The highest BCUT2D eigenvalue weighted by Gasteiger charge is 2.16. The first-order valence-corrected chi connectivity index (χ1v) is 6.35. The Labute approximate surface area is 111 Å². The number of anilines is 1. The molecule has 1 aliphatic carbocycles. The maximum atomic E-state index is 9.19. The van der Waals surface area contributed by atoms with Crippen LogP contribution >= 0.6 is 0 Å². The van der Waals surface area contributed by atoms with Gasteiger partial charge >= 0.3 is 0 Å². The van der Waals surface area contributed by atoms with Gasteiger partial charge in [-0.15, -0.1) is 0 Å². The van der Waals surface area contributed by atoms with Crippen LogP contribution in [0.25, 0.3) is 0 Å². The molecule has 1 N–H and O–H groups in total. The largest absolute Gasteiger partial charge is 0.362 e. The Morgan fingerprint density at radius 2 is 2.32 bits per heavy atom. The van der Waals surface area contributed by atoms with Gasteiger partial charge in [-0.05, 0) is 37.8 Å². The van der Waals surface area contributed by atoms with E-state index < -0.39 is 0 Å². The molecule has 5 heteroatoms. The first-order valence-electron chi connectivity index (χ1n) is 6.35. The third kappa shape index (κ3) is 2.29. The monoisotopic (exact) mass is 254 g/mol. The van der Waals surface area contributed by atoms with Crippen LogP contribution < -0.4 is 5.32 Å². The molecule has 0 aliphatic heterocycles. The van der Waals surface area contributed by atoms with Gasteiger partial charge in [-0.3, -0.25) is 0 Å². The molecule has 0 aromatic carbocycles. The minimum atomic E-state index is 0.487. The Morgan fingerprint density at radius 3 is 3.05 bits per heavy atom. The van der Waals surface area contributed by atoms with Crippen LogP contribution in [0.5, 0.6) is 0 Å². The molecule has 19 heavy (non-hydrogen) atoms. The summed E-state index contributed by atoms with van der Waals surface area (Å²) in [5, 5.41) is 16.2. The van der Waals surface area contributed by atoms with E-state index in [-0.39, 0.29) is 0 Å². The van der Waals surface area contributed by atoms with E-state index in [1.54, 1.807) is 0 Å². The van der Waals surface area contributed by atoms with Crippen LogP contribution in [-0.4, -0.2) is 10.1 Å². The van der Waals surface area contributed by atoms with E-state index in [1.165, 1.54) is 5.56 Å². The maximum absolute atomic E-state index is 9.19. The van der Waals surface area contributed by atoms with Crippen molar-refractivity contribution in [3.05, 3.63) is 40.4 Å². The standard InChI is InChI=1S/C14H14N4O/c1-9-5-12(19-18-9)8-16-14-11(7-15)6-10-3-2-4-13(10)17-14/h5-6H,2-4,8H2,1H3,(H,16,17). The number of hydrogen-bond donors (Lipinski definition) is 1. The number of nitrogens with one attached hydrogen (secondary N) is 1. The average molecular weight is 254 g/mol. The second-order valence-corrected chi connectivity index (χ2v) is 4.74. The number of rotatable bonds is 3. The normalized spacial score (nSPS) is 13.1. The fraction of sp³-hybridized carbons (Fsp3) is 0.357. The molecule has 96 valence electrons. The molecule has 1 aliphatic rings. The van der Waals surface area contributed by atoms with Crippen molar-refractivity contribution in [3.63, 3.8) is 0 Å². The molecule has 0 atom stereocenters. The van der Waals surface area contributed by atoms with Gasteiger partial charge in [-0.2, -0.15) is 5.26 Å². The van der Waals surface area contributed by atoms with Crippen molar-refractivity contribution in [2.45, 2.75) is 32.7 Å². The highest BCUT2D eigenvalue weighted by Crippen LogP contribution is 2.25. The Hall–Kier alpha value is -2.35. The molecule has 2 heterocycles. The van der Waals surface area contributed by atoms with Gasteiger partial charge in [0.15, 0.2) is 5.76 Å². The third-order valence-corrected chi connectivity index (χ3v) is 3.28. The summed E-state index contributed by atoms with van der Waals surface area (Å²) in [5.41, 5.74) is 3.75. The topological polar surface area (TPSA) is 74.7 Å². The van der Waals surface area contributed by atoms with Gasteiger partial charge in [0, 0.05) is 11.8 Å². The minimum absolute atomic E-state index is 0.487. The summed E-state index contributed by atoms with van der Waals surface area (Å²) in [7, 11) is 0. The minimum Gasteiger partial charge on any atom is -0.362 e. The maximum Gasteiger partial charge on any atom is 0.156 e. The van der Waals surface area contributed by atoms with Gasteiger partial charge in [0.1, 0.15) is 11.9 Å². The Morgan fingerprint density at radius 1 is 1.42 bits per heavy atom.